The number of nitrogens with one attached hydrogen (secondary N) is 1. The summed E-state index contributed by atoms with van der Waals surface area (Å²) in [6.45, 7) is 8.33. The van der Waals surface area contributed by atoms with E-state index in [0.29, 0.717) is 0 Å². The molecule has 0 radical (unpaired) electrons. The first-order valence-electron chi connectivity index (χ1n) is 12.8. The summed E-state index contributed by atoms with van der Waals surface area (Å²) >= 11 is 0. The molecule has 9 nitrogen and oxygen atoms in total. The molecule has 0 bridgehead atoms. The smallest absolute Gasteiger partial charge is 0.354 e. The number of esters is 1. The predicted octanol–water partition coefficient (Wildman–Crippen LogP) is 3.20. The highest BCUT2D eigenvalue weighted by Gasteiger charge is 2.23. The second-order valence-electron chi connectivity index (χ2n) is 10.6. The molecule has 194 valence electrons. The molecule has 1 aromatic heterocycles. The molecule has 0 aromatic carbocycles. The van der Waals surface area contributed by atoms with E-state index in [9.17, 15) is 14.4 Å². The summed E-state index contributed by atoms with van der Waals surface area (Å²) in [5, 5.41) is 3.26. The van der Waals surface area contributed by atoms with Crippen molar-refractivity contribution < 1.29 is 9.53 Å². The molecule has 1 atom stereocenters. The third kappa shape index (κ3) is 5.88. The Balaban J connectivity index is 1.65. The molecular weight excluding hydrogens is 458 g/mol. The van der Waals surface area contributed by atoms with Gasteiger partial charge in [-0.2, -0.15) is 4.98 Å². The minimum atomic E-state index is -0.687. The van der Waals surface area contributed by atoms with Gasteiger partial charge in [0, 0.05) is 31.0 Å². The van der Waals surface area contributed by atoms with Crippen LogP contribution >= 0.6 is 0 Å². The number of nitrogens with zero attached hydrogens (tertiary/aromatic N) is 4. The number of anilines is 1. The lowest BCUT2D eigenvalue weighted by atomic mass is 9.84. The SMILES string of the molecule is COC(=O)C(C)Cn1c(=O)nc(NC2=CC=C(N3CCCC3)CC2)n(CC2=CCC(C)(C)C=C2)c1=O. The quantitative estimate of drug-likeness (QED) is 0.553. The number of methoxy groups -OCH3 is 1. The van der Waals surface area contributed by atoms with Crippen LogP contribution in [0.25, 0.3) is 0 Å². The Hall–Kier alpha value is -3.36. The Morgan fingerprint density at radius 1 is 1.17 bits per heavy atom. The van der Waals surface area contributed by atoms with Crippen LogP contribution in [0, 0.1) is 11.3 Å². The normalized spacial score (nSPS) is 19.9. The van der Waals surface area contributed by atoms with Crippen molar-refractivity contribution in [2.45, 2.75) is 66.0 Å². The van der Waals surface area contributed by atoms with Crippen LogP contribution in [0.5, 0.6) is 0 Å². The van der Waals surface area contributed by atoms with Crippen LogP contribution in [0.3, 0.4) is 0 Å². The Morgan fingerprint density at radius 2 is 1.92 bits per heavy atom. The van der Waals surface area contributed by atoms with E-state index in [4.69, 9.17) is 4.74 Å². The molecule has 1 N–H and O–H groups in total. The summed E-state index contributed by atoms with van der Waals surface area (Å²) in [4.78, 5) is 45.0. The summed E-state index contributed by atoms with van der Waals surface area (Å²) in [6, 6.07) is 0. The molecule has 0 amide bonds. The van der Waals surface area contributed by atoms with Gasteiger partial charge < -0.3 is 15.0 Å². The van der Waals surface area contributed by atoms with Crippen molar-refractivity contribution in [2.75, 3.05) is 25.5 Å². The van der Waals surface area contributed by atoms with E-state index in [1.807, 2.05) is 12.2 Å². The van der Waals surface area contributed by atoms with E-state index >= 15 is 0 Å². The number of likely N-dealkylation sites (tertiary alicyclic amines) is 1. The maximum Gasteiger partial charge on any atom is 0.354 e. The molecule has 2 heterocycles. The molecule has 1 saturated heterocycles. The van der Waals surface area contributed by atoms with Crippen LogP contribution in [0.2, 0.25) is 0 Å². The largest absolute Gasteiger partial charge is 0.469 e. The van der Waals surface area contributed by atoms with Gasteiger partial charge in [-0.05, 0) is 55.2 Å². The van der Waals surface area contributed by atoms with Crippen LogP contribution in [-0.4, -0.2) is 45.2 Å². The third-order valence-electron chi connectivity index (χ3n) is 7.10. The molecule has 4 rings (SSSR count). The zero-order valence-electron chi connectivity index (χ0n) is 21.7. The highest BCUT2D eigenvalue weighted by molar-refractivity contribution is 5.71. The first-order valence-corrected chi connectivity index (χ1v) is 12.8. The number of aromatic nitrogens is 3. The number of carbonyl (C=O) groups excluding carboxylic acids is 1. The predicted molar refractivity (Wildman–Crippen MR) is 139 cm³/mol. The van der Waals surface area contributed by atoms with Crippen LogP contribution in [0.15, 0.2) is 56.9 Å². The van der Waals surface area contributed by atoms with Gasteiger partial charge in [-0.1, -0.05) is 39.0 Å². The van der Waals surface area contributed by atoms with Gasteiger partial charge in [-0.3, -0.25) is 9.36 Å². The second-order valence-corrected chi connectivity index (χ2v) is 10.6. The molecule has 3 aliphatic rings. The summed E-state index contributed by atoms with van der Waals surface area (Å²) in [6.07, 6.45) is 15.4. The van der Waals surface area contributed by atoms with Gasteiger partial charge in [-0.15, -0.1) is 0 Å². The molecule has 0 saturated carbocycles. The average Bonchev–Trinajstić information content (AvgIpc) is 3.40. The first-order chi connectivity index (χ1) is 17.2. The lowest BCUT2D eigenvalue weighted by molar-refractivity contribution is -0.145. The topological polar surface area (TPSA) is 98.5 Å². The van der Waals surface area contributed by atoms with E-state index in [-0.39, 0.29) is 24.5 Å². The van der Waals surface area contributed by atoms with Crippen LogP contribution in [-0.2, 0) is 22.6 Å². The molecule has 0 spiro atoms. The lowest BCUT2D eigenvalue weighted by Crippen LogP contribution is -2.44. The highest BCUT2D eigenvalue weighted by atomic mass is 16.5. The minimum absolute atomic E-state index is 0.0643. The molecular formula is C27H37N5O4. The van der Waals surface area contributed by atoms with Crippen molar-refractivity contribution in [1.29, 1.82) is 0 Å². The maximum atomic E-state index is 13.5. The van der Waals surface area contributed by atoms with Crippen LogP contribution < -0.4 is 16.7 Å². The molecule has 9 heteroatoms. The van der Waals surface area contributed by atoms with Crippen LogP contribution in [0.4, 0.5) is 5.95 Å². The highest BCUT2D eigenvalue weighted by Crippen LogP contribution is 2.29. The van der Waals surface area contributed by atoms with Gasteiger partial charge in [0.15, 0.2) is 0 Å². The number of allylic oxidation sites excluding steroid dienone is 8. The van der Waals surface area contributed by atoms with Crippen molar-refractivity contribution in [3.63, 3.8) is 0 Å². The van der Waals surface area contributed by atoms with Crippen molar-refractivity contribution in [3.8, 4) is 0 Å². The Labute approximate surface area is 211 Å². The third-order valence-corrected chi connectivity index (χ3v) is 7.10. The Kier molecular flexibility index (Phi) is 7.66. The standard InChI is InChI=1S/C27H37N5O4/c1-19(23(33)36-4)17-32-25(34)29-24(28-21-7-9-22(10-8-21)30-15-5-6-16-30)31(26(32)35)18-20-11-13-27(2,3)14-12-20/h7,9,11-13,19H,5-6,8,10,14-18H2,1-4H3,(H,28,29,34). The lowest BCUT2D eigenvalue weighted by Gasteiger charge is -2.26. The molecule has 1 fully saturated rings. The molecule has 2 aliphatic carbocycles. The maximum absolute atomic E-state index is 13.5. The summed E-state index contributed by atoms with van der Waals surface area (Å²) in [7, 11) is 1.29. The monoisotopic (exact) mass is 495 g/mol. The number of rotatable bonds is 8. The average molecular weight is 496 g/mol. The second kappa shape index (κ2) is 10.7. The molecule has 1 aliphatic heterocycles. The van der Waals surface area contributed by atoms with Crippen molar-refractivity contribution in [1.82, 2.24) is 19.0 Å². The van der Waals surface area contributed by atoms with Crippen LogP contribution in [0.1, 0.15) is 52.9 Å². The number of hydrogen-bond donors (Lipinski definition) is 1. The Morgan fingerprint density at radius 3 is 2.53 bits per heavy atom. The van der Waals surface area contributed by atoms with Gasteiger partial charge in [0.25, 0.3) is 0 Å². The molecule has 1 aromatic rings. The van der Waals surface area contributed by atoms with E-state index in [0.717, 1.165) is 48.2 Å². The van der Waals surface area contributed by atoms with E-state index in [2.05, 4.69) is 47.3 Å². The summed E-state index contributed by atoms with van der Waals surface area (Å²) < 4.78 is 7.28. The van der Waals surface area contributed by atoms with Gasteiger partial charge in [0.2, 0.25) is 5.95 Å². The molecule has 36 heavy (non-hydrogen) atoms. The zero-order chi connectivity index (χ0) is 25.9. The van der Waals surface area contributed by atoms with Crippen molar-refractivity contribution >= 4 is 11.9 Å². The summed E-state index contributed by atoms with van der Waals surface area (Å²) in [5.74, 6) is -0.919. The van der Waals surface area contributed by atoms with Gasteiger partial charge in [0.1, 0.15) is 0 Å². The van der Waals surface area contributed by atoms with Gasteiger partial charge >= 0.3 is 17.3 Å². The first kappa shape index (κ1) is 25.7. The van der Waals surface area contributed by atoms with Crippen molar-refractivity contribution in [2.24, 2.45) is 11.3 Å². The van der Waals surface area contributed by atoms with E-state index < -0.39 is 23.3 Å². The zero-order valence-corrected chi connectivity index (χ0v) is 21.7. The number of hydrogen-bond acceptors (Lipinski definition) is 7. The Bertz CT molecular complexity index is 1240. The van der Waals surface area contributed by atoms with Gasteiger partial charge in [-0.25, -0.2) is 14.2 Å². The van der Waals surface area contributed by atoms with Gasteiger partial charge in [0.05, 0.1) is 19.6 Å². The minimum Gasteiger partial charge on any atom is -0.469 e. The van der Waals surface area contributed by atoms with Crippen molar-refractivity contribution in [3.05, 3.63) is 68.3 Å². The van der Waals surface area contributed by atoms with E-state index in [1.165, 1.54) is 30.2 Å². The fourth-order valence-electron chi connectivity index (χ4n) is 4.78. The fraction of sp³-hybridized carbons (Fsp3) is 0.556. The van der Waals surface area contributed by atoms with E-state index in [1.54, 1.807) is 6.92 Å². The number of ether oxygens (including phenoxy) is 1. The fourth-order valence-corrected chi connectivity index (χ4v) is 4.78. The molecule has 1 unspecified atom stereocenters. The summed E-state index contributed by atoms with van der Waals surface area (Å²) in [5.41, 5.74) is 2.09. The number of carbonyl (C=O) groups is 1.